The Bertz CT molecular complexity index is 1240. The molecule has 182 valence electrons. The third-order valence-corrected chi connectivity index (χ3v) is 7.61. The second-order valence-electron chi connectivity index (χ2n) is 9.75. The first-order chi connectivity index (χ1) is 16.8. The maximum absolute atomic E-state index is 13.1. The minimum absolute atomic E-state index is 0.0654. The first-order valence-electron chi connectivity index (χ1n) is 11.8. The molecule has 35 heavy (non-hydrogen) atoms. The van der Waals surface area contributed by atoms with Crippen LogP contribution in [0.25, 0.3) is 11.3 Å². The van der Waals surface area contributed by atoms with E-state index in [4.69, 9.17) is 11.6 Å². The molecular formula is C26H30ClN7O. The summed E-state index contributed by atoms with van der Waals surface area (Å²) in [6.07, 6.45) is 10.6. The topological polar surface area (TPSA) is 70.4 Å². The number of halogens is 1. The molecule has 2 fully saturated rings. The van der Waals surface area contributed by atoms with Crippen LogP contribution in [0.2, 0.25) is 5.02 Å². The molecule has 2 aliphatic rings. The van der Waals surface area contributed by atoms with Crippen LogP contribution in [0, 0.1) is 5.41 Å². The van der Waals surface area contributed by atoms with E-state index in [1.807, 2.05) is 29.8 Å². The summed E-state index contributed by atoms with van der Waals surface area (Å²) in [6.45, 7) is 10.1. The molecule has 0 radical (unpaired) electrons. The molecule has 8 nitrogen and oxygen atoms in total. The molecule has 0 saturated carbocycles. The Hall–Kier alpha value is -3.23. The number of hydrogen-bond acceptors (Lipinski definition) is 6. The summed E-state index contributed by atoms with van der Waals surface area (Å²) in [5.41, 5.74) is 4.76. The van der Waals surface area contributed by atoms with Gasteiger partial charge >= 0.3 is 6.03 Å². The van der Waals surface area contributed by atoms with Crippen LogP contribution >= 0.6 is 11.6 Å². The van der Waals surface area contributed by atoms with Gasteiger partial charge in [-0.25, -0.2) is 4.79 Å². The fourth-order valence-electron chi connectivity index (χ4n) is 5.07. The fourth-order valence-corrected chi connectivity index (χ4v) is 5.31. The van der Waals surface area contributed by atoms with Gasteiger partial charge in [-0.2, -0.15) is 9.78 Å². The van der Waals surface area contributed by atoms with Crippen molar-refractivity contribution in [3.05, 3.63) is 72.0 Å². The molecule has 1 atom stereocenters. The van der Waals surface area contributed by atoms with Crippen molar-refractivity contribution in [3.8, 4) is 11.3 Å². The lowest BCUT2D eigenvalue weighted by atomic mass is 9.86. The van der Waals surface area contributed by atoms with Gasteiger partial charge in [0.05, 0.1) is 30.0 Å². The van der Waals surface area contributed by atoms with Gasteiger partial charge in [-0.05, 0) is 37.9 Å². The van der Waals surface area contributed by atoms with Crippen LogP contribution in [-0.2, 0) is 6.54 Å². The van der Waals surface area contributed by atoms with Crippen molar-refractivity contribution >= 4 is 23.3 Å². The number of benzene rings is 1. The maximum atomic E-state index is 13.1. The Morgan fingerprint density at radius 1 is 1.20 bits per heavy atom. The summed E-state index contributed by atoms with van der Waals surface area (Å²) in [5.74, 6) is 0. The SMILES string of the molecule is C=C(C)N(C)c1cnn(C(=O)N2CCC3(CCN(Cc4ccc(-c5cnccn5)cc4Cl)C3)C2)c1. The normalized spacial score (nSPS) is 20.0. The highest BCUT2D eigenvalue weighted by molar-refractivity contribution is 6.31. The molecule has 1 unspecified atom stereocenters. The number of carbonyl (C=O) groups excluding carboxylic acids is 1. The van der Waals surface area contributed by atoms with E-state index in [1.54, 1.807) is 31.0 Å². The molecule has 9 heteroatoms. The van der Waals surface area contributed by atoms with Gasteiger partial charge in [0.1, 0.15) is 0 Å². The van der Waals surface area contributed by atoms with Crippen molar-refractivity contribution in [2.45, 2.75) is 26.3 Å². The molecule has 2 saturated heterocycles. The highest BCUT2D eigenvalue weighted by atomic mass is 35.5. The lowest BCUT2D eigenvalue weighted by Crippen LogP contribution is -2.36. The summed E-state index contributed by atoms with van der Waals surface area (Å²) in [7, 11) is 1.92. The van der Waals surface area contributed by atoms with Crippen LogP contribution in [0.5, 0.6) is 0 Å². The number of anilines is 1. The van der Waals surface area contributed by atoms with E-state index >= 15 is 0 Å². The van der Waals surface area contributed by atoms with Gasteiger partial charge in [0.15, 0.2) is 0 Å². The predicted octanol–water partition coefficient (Wildman–Crippen LogP) is 4.53. The Labute approximate surface area is 210 Å². The van der Waals surface area contributed by atoms with Gasteiger partial charge in [-0.15, -0.1) is 0 Å². The summed E-state index contributed by atoms with van der Waals surface area (Å²) in [5, 5.41) is 5.04. The van der Waals surface area contributed by atoms with Crippen molar-refractivity contribution in [1.29, 1.82) is 0 Å². The number of likely N-dealkylation sites (tertiary alicyclic amines) is 2. The lowest BCUT2D eigenvalue weighted by Gasteiger charge is -2.25. The third kappa shape index (κ3) is 4.81. The molecule has 2 aromatic heterocycles. The summed E-state index contributed by atoms with van der Waals surface area (Å²) < 4.78 is 1.44. The standard InChI is InChI=1S/C26H30ClN7O/c1-19(2)31(3)22-13-30-34(16-22)25(35)33-11-7-26(18-33)6-10-32(17-26)15-21-5-4-20(12-23(21)27)24-14-28-8-9-29-24/h4-5,8-9,12-14,16H,1,6-7,10-11,15,17-18H2,2-3H3. The maximum Gasteiger partial charge on any atom is 0.344 e. The molecule has 4 heterocycles. The average molecular weight is 492 g/mol. The average Bonchev–Trinajstić information content (AvgIpc) is 3.61. The molecule has 2 aliphatic heterocycles. The number of allylic oxidation sites excluding steroid dienone is 1. The second kappa shape index (κ2) is 9.43. The summed E-state index contributed by atoms with van der Waals surface area (Å²) in [4.78, 5) is 27.9. The van der Waals surface area contributed by atoms with Gasteiger partial charge in [0.25, 0.3) is 0 Å². The van der Waals surface area contributed by atoms with Gasteiger partial charge in [0.2, 0.25) is 0 Å². The van der Waals surface area contributed by atoms with Crippen molar-refractivity contribution in [2.75, 3.05) is 38.1 Å². The van der Waals surface area contributed by atoms with Crippen molar-refractivity contribution in [1.82, 2.24) is 29.5 Å². The lowest BCUT2D eigenvalue weighted by molar-refractivity contribution is 0.196. The Kier molecular flexibility index (Phi) is 6.34. The first kappa shape index (κ1) is 23.5. The number of carbonyl (C=O) groups is 1. The number of nitrogens with zero attached hydrogens (tertiary/aromatic N) is 7. The molecule has 0 bridgehead atoms. The zero-order valence-electron chi connectivity index (χ0n) is 20.2. The van der Waals surface area contributed by atoms with Crippen LogP contribution in [0.1, 0.15) is 25.3 Å². The minimum atomic E-state index is -0.0654. The largest absolute Gasteiger partial charge is 0.347 e. The monoisotopic (exact) mass is 491 g/mol. The Balaban J connectivity index is 1.21. The minimum Gasteiger partial charge on any atom is -0.347 e. The molecule has 1 spiro atoms. The smallest absolute Gasteiger partial charge is 0.344 e. The summed E-state index contributed by atoms with van der Waals surface area (Å²) in [6, 6.07) is 6.03. The van der Waals surface area contributed by atoms with E-state index < -0.39 is 0 Å². The number of amides is 1. The third-order valence-electron chi connectivity index (χ3n) is 7.26. The van der Waals surface area contributed by atoms with E-state index in [2.05, 4.69) is 38.7 Å². The molecule has 3 aromatic rings. The van der Waals surface area contributed by atoms with Crippen molar-refractivity contribution in [3.63, 3.8) is 0 Å². The number of hydrogen-bond donors (Lipinski definition) is 0. The van der Waals surface area contributed by atoms with Crippen LogP contribution in [0.15, 0.2) is 61.5 Å². The molecular weight excluding hydrogens is 462 g/mol. The highest BCUT2D eigenvalue weighted by Crippen LogP contribution is 2.40. The number of aromatic nitrogens is 4. The molecule has 5 rings (SSSR count). The van der Waals surface area contributed by atoms with Crippen LogP contribution < -0.4 is 4.90 Å². The zero-order valence-corrected chi connectivity index (χ0v) is 20.9. The fraction of sp³-hybridized carbons (Fsp3) is 0.385. The van der Waals surface area contributed by atoms with Crippen LogP contribution in [0.4, 0.5) is 10.5 Å². The van der Waals surface area contributed by atoms with Crippen LogP contribution in [-0.4, -0.2) is 68.8 Å². The van der Waals surface area contributed by atoms with E-state index in [-0.39, 0.29) is 11.4 Å². The molecule has 0 aliphatic carbocycles. The highest BCUT2D eigenvalue weighted by Gasteiger charge is 2.45. The molecule has 1 aromatic carbocycles. The quantitative estimate of drug-likeness (QED) is 0.522. The van der Waals surface area contributed by atoms with E-state index in [9.17, 15) is 4.79 Å². The predicted molar refractivity (Wildman–Crippen MR) is 137 cm³/mol. The van der Waals surface area contributed by atoms with E-state index in [0.29, 0.717) is 0 Å². The van der Waals surface area contributed by atoms with Gasteiger partial charge < -0.3 is 9.80 Å². The van der Waals surface area contributed by atoms with Crippen LogP contribution in [0.3, 0.4) is 0 Å². The van der Waals surface area contributed by atoms with E-state index in [1.165, 1.54) is 4.68 Å². The summed E-state index contributed by atoms with van der Waals surface area (Å²) >= 11 is 6.64. The first-order valence-corrected chi connectivity index (χ1v) is 12.2. The Morgan fingerprint density at radius 2 is 2.03 bits per heavy atom. The van der Waals surface area contributed by atoms with Gasteiger partial charge in [-0.1, -0.05) is 30.3 Å². The van der Waals surface area contributed by atoms with Gasteiger partial charge in [-0.3, -0.25) is 14.9 Å². The van der Waals surface area contributed by atoms with Gasteiger partial charge in [0, 0.05) is 67.3 Å². The Morgan fingerprint density at radius 3 is 2.77 bits per heavy atom. The van der Waals surface area contributed by atoms with E-state index in [0.717, 1.165) is 78.8 Å². The molecule has 0 N–H and O–H groups in total. The second-order valence-corrected chi connectivity index (χ2v) is 10.2. The van der Waals surface area contributed by atoms with Crippen molar-refractivity contribution < 1.29 is 4.79 Å². The zero-order chi connectivity index (χ0) is 24.6. The molecule has 1 amide bonds. The number of rotatable bonds is 5. The van der Waals surface area contributed by atoms with Crippen molar-refractivity contribution in [2.24, 2.45) is 5.41 Å².